The van der Waals surface area contributed by atoms with Gasteiger partial charge < -0.3 is 15.2 Å². The molecule has 2 rings (SSSR count). The third-order valence-corrected chi connectivity index (χ3v) is 3.01. The standard InChI is InChI=1S/C15H14FNO2S/c1-18-13-4-2-3-5-14(13)19-9-10-6-7-11(16)8-12(10)15(17)20/h2-8H,9H2,1H3,(H2,17,20). The predicted molar refractivity (Wildman–Crippen MR) is 79.6 cm³/mol. The van der Waals surface area contributed by atoms with Crippen molar-refractivity contribution in [1.82, 2.24) is 0 Å². The molecule has 0 fully saturated rings. The lowest BCUT2D eigenvalue weighted by Gasteiger charge is -2.12. The number of nitrogens with two attached hydrogens (primary N) is 1. The van der Waals surface area contributed by atoms with Crippen LogP contribution in [0.5, 0.6) is 11.5 Å². The van der Waals surface area contributed by atoms with Crippen LogP contribution in [0.2, 0.25) is 0 Å². The smallest absolute Gasteiger partial charge is 0.161 e. The summed E-state index contributed by atoms with van der Waals surface area (Å²) in [4.78, 5) is 0.142. The van der Waals surface area contributed by atoms with E-state index in [4.69, 9.17) is 27.4 Å². The average molecular weight is 291 g/mol. The zero-order chi connectivity index (χ0) is 14.5. The number of halogens is 1. The predicted octanol–water partition coefficient (Wildman–Crippen LogP) is 3.05. The fourth-order valence-electron chi connectivity index (χ4n) is 1.80. The van der Waals surface area contributed by atoms with Gasteiger partial charge in [-0.15, -0.1) is 0 Å². The number of methoxy groups -OCH3 is 1. The Morgan fingerprint density at radius 3 is 2.55 bits per heavy atom. The van der Waals surface area contributed by atoms with Gasteiger partial charge in [0.1, 0.15) is 17.4 Å². The zero-order valence-corrected chi connectivity index (χ0v) is 11.7. The summed E-state index contributed by atoms with van der Waals surface area (Å²) in [6.45, 7) is 0.229. The lowest BCUT2D eigenvalue weighted by atomic mass is 10.1. The van der Waals surface area contributed by atoms with Crippen LogP contribution < -0.4 is 15.2 Å². The Hall–Kier alpha value is -2.14. The molecule has 104 valence electrons. The van der Waals surface area contributed by atoms with E-state index in [1.54, 1.807) is 25.3 Å². The summed E-state index contributed by atoms with van der Waals surface area (Å²) < 4.78 is 24.1. The van der Waals surface area contributed by atoms with Crippen molar-refractivity contribution in [3.05, 3.63) is 59.4 Å². The van der Waals surface area contributed by atoms with E-state index in [0.717, 1.165) is 5.56 Å². The fourth-order valence-corrected chi connectivity index (χ4v) is 1.99. The molecule has 3 nitrogen and oxygen atoms in total. The molecule has 0 bridgehead atoms. The molecule has 2 aromatic carbocycles. The summed E-state index contributed by atoms with van der Waals surface area (Å²) in [5.41, 5.74) is 6.80. The number of ether oxygens (including phenoxy) is 2. The van der Waals surface area contributed by atoms with Crippen molar-refractivity contribution in [2.45, 2.75) is 6.61 Å². The van der Waals surface area contributed by atoms with Crippen LogP contribution in [-0.2, 0) is 6.61 Å². The van der Waals surface area contributed by atoms with Crippen molar-refractivity contribution in [2.24, 2.45) is 5.73 Å². The van der Waals surface area contributed by atoms with Crippen molar-refractivity contribution in [2.75, 3.05) is 7.11 Å². The number of rotatable bonds is 5. The lowest BCUT2D eigenvalue weighted by molar-refractivity contribution is 0.284. The topological polar surface area (TPSA) is 44.5 Å². The number of hydrogen-bond acceptors (Lipinski definition) is 3. The molecule has 0 saturated heterocycles. The van der Waals surface area contributed by atoms with Crippen LogP contribution in [0.3, 0.4) is 0 Å². The molecule has 2 N–H and O–H groups in total. The van der Waals surface area contributed by atoms with Gasteiger partial charge in [0.2, 0.25) is 0 Å². The molecule has 0 heterocycles. The van der Waals surface area contributed by atoms with Crippen molar-refractivity contribution in [1.29, 1.82) is 0 Å². The molecule has 2 aromatic rings. The minimum atomic E-state index is -0.381. The van der Waals surface area contributed by atoms with Gasteiger partial charge in [-0.25, -0.2) is 4.39 Å². The Morgan fingerprint density at radius 1 is 1.20 bits per heavy atom. The molecule has 0 radical (unpaired) electrons. The Morgan fingerprint density at radius 2 is 1.90 bits per heavy atom. The van der Waals surface area contributed by atoms with E-state index in [1.165, 1.54) is 12.1 Å². The van der Waals surface area contributed by atoms with Crippen LogP contribution >= 0.6 is 12.2 Å². The molecular weight excluding hydrogens is 277 g/mol. The van der Waals surface area contributed by atoms with Crippen molar-refractivity contribution >= 4 is 17.2 Å². The quantitative estimate of drug-likeness (QED) is 0.860. The van der Waals surface area contributed by atoms with Crippen LogP contribution in [0.25, 0.3) is 0 Å². The second-order valence-corrected chi connectivity index (χ2v) is 4.55. The molecule has 0 amide bonds. The zero-order valence-electron chi connectivity index (χ0n) is 10.9. The number of thiocarbonyl (C=S) groups is 1. The van der Waals surface area contributed by atoms with E-state index in [0.29, 0.717) is 17.1 Å². The van der Waals surface area contributed by atoms with E-state index < -0.39 is 0 Å². The molecule has 0 saturated carbocycles. The van der Waals surface area contributed by atoms with Gasteiger partial charge in [-0.2, -0.15) is 0 Å². The van der Waals surface area contributed by atoms with Gasteiger partial charge in [0.15, 0.2) is 11.5 Å². The Labute approximate surface area is 122 Å². The highest BCUT2D eigenvalue weighted by molar-refractivity contribution is 7.80. The van der Waals surface area contributed by atoms with Crippen LogP contribution in [0.15, 0.2) is 42.5 Å². The van der Waals surface area contributed by atoms with Crippen LogP contribution in [0.4, 0.5) is 4.39 Å². The number of para-hydroxylation sites is 2. The maximum Gasteiger partial charge on any atom is 0.161 e. The highest BCUT2D eigenvalue weighted by Crippen LogP contribution is 2.27. The summed E-state index contributed by atoms with van der Waals surface area (Å²) in [5, 5.41) is 0. The Bertz CT molecular complexity index is 631. The molecule has 0 atom stereocenters. The van der Waals surface area contributed by atoms with Gasteiger partial charge >= 0.3 is 0 Å². The SMILES string of the molecule is COc1ccccc1OCc1ccc(F)cc1C(N)=S. The molecule has 0 aliphatic heterocycles. The first-order chi connectivity index (χ1) is 9.61. The minimum absolute atomic E-state index is 0.142. The van der Waals surface area contributed by atoms with E-state index in [9.17, 15) is 4.39 Å². The summed E-state index contributed by atoms with van der Waals surface area (Å²) >= 11 is 4.92. The Balaban J connectivity index is 2.21. The number of hydrogen-bond donors (Lipinski definition) is 1. The highest BCUT2D eigenvalue weighted by Gasteiger charge is 2.09. The van der Waals surface area contributed by atoms with Gasteiger partial charge in [0.05, 0.1) is 7.11 Å². The Kier molecular flexibility index (Phi) is 4.53. The summed E-state index contributed by atoms with van der Waals surface area (Å²) in [7, 11) is 1.57. The molecular formula is C15H14FNO2S. The second kappa shape index (κ2) is 6.34. The third-order valence-electron chi connectivity index (χ3n) is 2.79. The first-order valence-electron chi connectivity index (χ1n) is 5.96. The van der Waals surface area contributed by atoms with Crippen molar-refractivity contribution in [3.63, 3.8) is 0 Å². The first kappa shape index (κ1) is 14.3. The maximum atomic E-state index is 13.2. The van der Waals surface area contributed by atoms with E-state index >= 15 is 0 Å². The van der Waals surface area contributed by atoms with Crippen LogP contribution in [0, 0.1) is 5.82 Å². The van der Waals surface area contributed by atoms with Gasteiger partial charge in [0.25, 0.3) is 0 Å². The van der Waals surface area contributed by atoms with E-state index in [2.05, 4.69) is 0 Å². The van der Waals surface area contributed by atoms with E-state index in [1.807, 2.05) is 12.1 Å². The molecule has 5 heteroatoms. The summed E-state index contributed by atoms with van der Waals surface area (Å²) in [6, 6.07) is 11.6. The lowest BCUT2D eigenvalue weighted by Crippen LogP contribution is -2.14. The van der Waals surface area contributed by atoms with Gasteiger partial charge in [-0.3, -0.25) is 0 Å². The van der Waals surface area contributed by atoms with E-state index in [-0.39, 0.29) is 17.4 Å². The maximum absolute atomic E-state index is 13.2. The third kappa shape index (κ3) is 3.24. The fraction of sp³-hybridized carbons (Fsp3) is 0.133. The summed E-state index contributed by atoms with van der Waals surface area (Å²) in [5.74, 6) is 0.855. The van der Waals surface area contributed by atoms with Gasteiger partial charge in [0, 0.05) is 5.56 Å². The van der Waals surface area contributed by atoms with Gasteiger partial charge in [-0.1, -0.05) is 30.4 Å². The van der Waals surface area contributed by atoms with Crippen molar-refractivity contribution < 1.29 is 13.9 Å². The number of benzene rings is 2. The van der Waals surface area contributed by atoms with Crippen molar-refractivity contribution in [3.8, 4) is 11.5 Å². The molecule has 0 unspecified atom stereocenters. The molecule has 0 aliphatic carbocycles. The molecule has 0 aliphatic rings. The molecule has 0 aromatic heterocycles. The summed E-state index contributed by atoms with van der Waals surface area (Å²) in [6.07, 6.45) is 0. The van der Waals surface area contributed by atoms with Crippen LogP contribution in [-0.4, -0.2) is 12.1 Å². The monoisotopic (exact) mass is 291 g/mol. The van der Waals surface area contributed by atoms with Crippen LogP contribution in [0.1, 0.15) is 11.1 Å². The highest BCUT2D eigenvalue weighted by atomic mass is 32.1. The minimum Gasteiger partial charge on any atom is -0.493 e. The molecule has 20 heavy (non-hydrogen) atoms. The molecule has 0 spiro atoms. The van der Waals surface area contributed by atoms with Gasteiger partial charge in [-0.05, 0) is 29.8 Å². The largest absolute Gasteiger partial charge is 0.493 e. The normalized spacial score (nSPS) is 10.1. The second-order valence-electron chi connectivity index (χ2n) is 4.11. The average Bonchev–Trinajstić information content (AvgIpc) is 2.46. The first-order valence-corrected chi connectivity index (χ1v) is 6.36.